The second-order valence-electron chi connectivity index (χ2n) is 9.50. The molecule has 0 N–H and O–H groups in total. The van der Waals surface area contributed by atoms with Crippen molar-refractivity contribution in [2.45, 2.75) is 45.2 Å². The van der Waals surface area contributed by atoms with Crippen LogP contribution in [0.3, 0.4) is 0 Å². The summed E-state index contributed by atoms with van der Waals surface area (Å²) in [5, 5.41) is 1.55. The van der Waals surface area contributed by atoms with Crippen molar-refractivity contribution in [1.29, 1.82) is 0 Å². The molecule has 0 spiro atoms. The van der Waals surface area contributed by atoms with Crippen molar-refractivity contribution in [3.05, 3.63) is 59.9 Å². The van der Waals surface area contributed by atoms with Crippen LogP contribution in [-0.2, 0) is 16.1 Å². The number of hydrogen-bond acceptors (Lipinski definition) is 5. The summed E-state index contributed by atoms with van der Waals surface area (Å²) in [5.74, 6) is 1.42. The van der Waals surface area contributed by atoms with E-state index >= 15 is 4.39 Å². The molecule has 35 heavy (non-hydrogen) atoms. The standard InChI is InChI=1S/C26H27FN6O2/c1-15-12-32(14-29-15)22-10-18-4-5-20(27)23(19(18)11-28-22)24-21-13-31(3)26(34)16(2)33(21)25(30-24)17-6-8-35-9-7-17/h4-5,10-12,14,16-17H,6-9,13H2,1-3H3. The van der Waals surface area contributed by atoms with E-state index in [9.17, 15) is 4.79 Å². The number of benzene rings is 1. The summed E-state index contributed by atoms with van der Waals surface area (Å²) < 4.78 is 25.0. The van der Waals surface area contributed by atoms with Crippen molar-refractivity contribution in [3.8, 4) is 17.1 Å². The number of imidazole rings is 2. The lowest BCUT2D eigenvalue weighted by Gasteiger charge is -2.32. The normalized spacial score (nSPS) is 18.9. The van der Waals surface area contributed by atoms with E-state index in [1.54, 1.807) is 30.5 Å². The molecular formula is C26H27FN6O2. The maximum absolute atomic E-state index is 15.5. The third-order valence-electron chi connectivity index (χ3n) is 7.18. The van der Waals surface area contributed by atoms with Gasteiger partial charge in [-0.25, -0.2) is 19.3 Å². The van der Waals surface area contributed by atoms with Gasteiger partial charge >= 0.3 is 0 Å². The Kier molecular flexibility index (Phi) is 5.17. The average molecular weight is 475 g/mol. The number of amides is 1. The predicted octanol–water partition coefficient (Wildman–Crippen LogP) is 4.16. The number of halogens is 1. The third-order valence-corrected chi connectivity index (χ3v) is 7.18. The molecule has 1 fully saturated rings. The summed E-state index contributed by atoms with van der Waals surface area (Å²) in [6.45, 7) is 5.52. The summed E-state index contributed by atoms with van der Waals surface area (Å²) in [5.41, 5.74) is 2.78. The Hall–Kier alpha value is -3.59. The second kappa shape index (κ2) is 8.27. The van der Waals surface area contributed by atoms with Crippen LogP contribution in [0.4, 0.5) is 4.39 Å². The number of pyridine rings is 1. The number of carbonyl (C=O) groups excluding carboxylic acids is 1. The Morgan fingerprint density at radius 2 is 1.97 bits per heavy atom. The van der Waals surface area contributed by atoms with E-state index in [2.05, 4.69) is 9.97 Å². The summed E-state index contributed by atoms with van der Waals surface area (Å²) in [6, 6.07) is 4.79. The zero-order chi connectivity index (χ0) is 24.3. The smallest absolute Gasteiger partial charge is 0.245 e. The Balaban J connectivity index is 1.56. The van der Waals surface area contributed by atoms with Crippen molar-refractivity contribution >= 4 is 16.7 Å². The van der Waals surface area contributed by atoms with E-state index < -0.39 is 6.04 Å². The average Bonchev–Trinajstić information content (AvgIpc) is 3.47. The minimum atomic E-state index is -0.393. The molecule has 1 aromatic carbocycles. The molecule has 4 aromatic rings. The van der Waals surface area contributed by atoms with E-state index in [1.165, 1.54) is 6.07 Å². The van der Waals surface area contributed by atoms with E-state index in [0.717, 1.165) is 35.4 Å². The number of likely N-dealkylation sites (N-methyl/N-ethyl adjacent to an activating group) is 1. The molecule has 2 aliphatic heterocycles. The van der Waals surface area contributed by atoms with Gasteiger partial charge in [0.1, 0.15) is 29.8 Å². The molecule has 6 rings (SSSR count). The van der Waals surface area contributed by atoms with Crippen molar-refractivity contribution in [2.24, 2.45) is 0 Å². The maximum Gasteiger partial charge on any atom is 0.245 e. The number of aromatic nitrogens is 5. The lowest BCUT2D eigenvalue weighted by atomic mass is 9.98. The highest BCUT2D eigenvalue weighted by Gasteiger charge is 2.36. The molecule has 1 unspecified atom stereocenters. The van der Waals surface area contributed by atoms with E-state index in [4.69, 9.17) is 9.72 Å². The number of nitrogens with zero attached hydrogens (tertiary/aromatic N) is 6. The van der Waals surface area contributed by atoms with Gasteiger partial charge in [-0.05, 0) is 44.2 Å². The first kappa shape index (κ1) is 21.9. The van der Waals surface area contributed by atoms with Crippen LogP contribution in [0.5, 0.6) is 0 Å². The minimum Gasteiger partial charge on any atom is -0.381 e. The number of carbonyl (C=O) groups is 1. The molecule has 0 bridgehead atoms. The Labute approximate surface area is 202 Å². The number of fused-ring (bicyclic) bond motifs is 2. The van der Waals surface area contributed by atoms with Gasteiger partial charge in [0.2, 0.25) is 5.91 Å². The topological polar surface area (TPSA) is 78.1 Å². The molecule has 3 aromatic heterocycles. The third kappa shape index (κ3) is 3.53. The fraction of sp³-hybridized carbons (Fsp3) is 0.385. The lowest BCUT2D eigenvalue weighted by molar-refractivity contribution is -0.135. The van der Waals surface area contributed by atoms with Crippen LogP contribution < -0.4 is 0 Å². The van der Waals surface area contributed by atoms with Gasteiger partial charge in [-0.15, -0.1) is 0 Å². The molecule has 0 saturated carbocycles. The van der Waals surface area contributed by atoms with Gasteiger partial charge in [0.05, 0.1) is 23.6 Å². The van der Waals surface area contributed by atoms with Gasteiger partial charge in [0.25, 0.3) is 0 Å². The van der Waals surface area contributed by atoms with Gasteiger partial charge < -0.3 is 14.2 Å². The zero-order valence-electron chi connectivity index (χ0n) is 20.0. The SMILES string of the molecule is Cc1cn(-c2cc3ccc(F)c(-c4nc(C5CCOCC5)n5c4CN(C)C(=O)C5C)c3cn2)cn1. The van der Waals surface area contributed by atoms with Crippen molar-refractivity contribution in [3.63, 3.8) is 0 Å². The zero-order valence-corrected chi connectivity index (χ0v) is 20.0. The summed E-state index contributed by atoms with van der Waals surface area (Å²) >= 11 is 0. The summed E-state index contributed by atoms with van der Waals surface area (Å²) in [4.78, 5) is 28.5. The molecule has 1 saturated heterocycles. The Bertz CT molecular complexity index is 1450. The highest BCUT2D eigenvalue weighted by molar-refractivity contribution is 5.97. The molecule has 5 heterocycles. The van der Waals surface area contributed by atoms with Gasteiger partial charge in [0.15, 0.2) is 0 Å². The van der Waals surface area contributed by atoms with Gasteiger partial charge in [-0.1, -0.05) is 6.07 Å². The van der Waals surface area contributed by atoms with Gasteiger partial charge in [-0.2, -0.15) is 0 Å². The first-order valence-electron chi connectivity index (χ1n) is 12.0. The molecule has 0 radical (unpaired) electrons. The Morgan fingerprint density at radius 3 is 2.71 bits per heavy atom. The van der Waals surface area contributed by atoms with E-state index in [1.807, 2.05) is 35.2 Å². The van der Waals surface area contributed by atoms with Crippen LogP contribution in [0.15, 0.2) is 36.9 Å². The van der Waals surface area contributed by atoms with Crippen LogP contribution in [0.2, 0.25) is 0 Å². The second-order valence-corrected chi connectivity index (χ2v) is 9.50. The van der Waals surface area contributed by atoms with Crippen LogP contribution in [0.1, 0.15) is 48.9 Å². The molecule has 180 valence electrons. The molecule has 9 heteroatoms. The van der Waals surface area contributed by atoms with Gasteiger partial charge in [0, 0.05) is 49.5 Å². The van der Waals surface area contributed by atoms with Crippen LogP contribution in [-0.4, -0.2) is 55.2 Å². The highest BCUT2D eigenvalue weighted by Crippen LogP contribution is 2.40. The minimum absolute atomic E-state index is 0.0371. The summed E-state index contributed by atoms with van der Waals surface area (Å²) in [7, 11) is 1.79. The largest absolute Gasteiger partial charge is 0.381 e. The fourth-order valence-corrected chi connectivity index (χ4v) is 5.35. The van der Waals surface area contributed by atoms with Crippen molar-refractivity contribution in [1.82, 2.24) is 29.0 Å². The first-order valence-corrected chi connectivity index (χ1v) is 12.0. The molecular weight excluding hydrogens is 447 g/mol. The molecule has 1 atom stereocenters. The number of ether oxygens (including phenoxy) is 1. The monoisotopic (exact) mass is 474 g/mol. The summed E-state index contributed by atoms with van der Waals surface area (Å²) in [6.07, 6.45) is 6.99. The lowest BCUT2D eigenvalue weighted by Crippen LogP contribution is -2.40. The fourth-order valence-electron chi connectivity index (χ4n) is 5.35. The number of aryl methyl sites for hydroxylation is 1. The molecule has 0 aliphatic carbocycles. The Morgan fingerprint density at radius 1 is 1.17 bits per heavy atom. The quantitative estimate of drug-likeness (QED) is 0.446. The van der Waals surface area contributed by atoms with Crippen LogP contribution >= 0.6 is 0 Å². The predicted molar refractivity (Wildman–Crippen MR) is 129 cm³/mol. The van der Waals surface area contributed by atoms with E-state index in [-0.39, 0.29) is 17.6 Å². The van der Waals surface area contributed by atoms with E-state index in [0.29, 0.717) is 42.2 Å². The van der Waals surface area contributed by atoms with Gasteiger partial charge in [-0.3, -0.25) is 9.36 Å². The molecule has 2 aliphatic rings. The van der Waals surface area contributed by atoms with Crippen LogP contribution in [0.25, 0.3) is 27.8 Å². The maximum atomic E-state index is 15.5. The molecule has 1 amide bonds. The highest BCUT2D eigenvalue weighted by atomic mass is 19.1. The van der Waals surface area contributed by atoms with Crippen molar-refractivity contribution < 1.29 is 13.9 Å². The van der Waals surface area contributed by atoms with Crippen LogP contribution in [0, 0.1) is 12.7 Å². The number of hydrogen-bond donors (Lipinski definition) is 0. The number of rotatable bonds is 3. The molecule has 8 nitrogen and oxygen atoms in total. The van der Waals surface area contributed by atoms with Crippen molar-refractivity contribution in [2.75, 3.05) is 20.3 Å². The first-order chi connectivity index (χ1) is 16.9.